The molecule has 1 aromatic rings. The predicted molar refractivity (Wildman–Crippen MR) is 66.6 cm³/mol. The Morgan fingerprint density at radius 2 is 2.22 bits per heavy atom. The second-order valence-corrected chi connectivity index (χ2v) is 4.91. The van der Waals surface area contributed by atoms with Crippen LogP contribution in [0.25, 0.3) is 0 Å². The van der Waals surface area contributed by atoms with E-state index in [-0.39, 0.29) is 29.7 Å². The molecule has 92 valence electrons. The molecule has 0 radical (unpaired) electrons. The number of aliphatic imine (C=N–C) groups is 1. The van der Waals surface area contributed by atoms with Crippen molar-refractivity contribution in [2.75, 3.05) is 6.54 Å². The molecule has 0 aliphatic carbocycles. The first kappa shape index (κ1) is 11.4. The molecular weight excluding hydrogens is 229 g/mol. The maximum Gasteiger partial charge on any atom is 0.127 e. The smallest absolute Gasteiger partial charge is 0.127 e. The van der Waals surface area contributed by atoms with E-state index in [4.69, 9.17) is 5.26 Å². The van der Waals surface area contributed by atoms with Gasteiger partial charge in [0.25, 0.3) is 0 Å². The quantitative estimate of drug-likeness (QED) is 0.820. The van der Waals surface area contributed by atoms with Gasteiger partial charge in [-0.25, -0.2) is 4.39 Å². The number of benzene rings is 1. The maximum absolute atomic E-state index is 13.8. The van der Waals surface area contributed by atoms with E-state index < -0.39 is 0 Å². The van der Waals surface area contributed by atoms with Crippen molar-refractivity contribution in [2.45, 2.75) is 18.5 Å². The summed E-state index contributed by atoms with van der Waals surface area (Å²) in [5.74, 6) is -0.0126. The lowest BCUT2D eigenvalue weighted by Crippen LogP contribution is -2.31. The van der Waals surface area contributed by atoms with Gasteiger partial charge in [-0.15, -0.1) is 0 Å². The van der Waals surface area contributed by atoms with Crippen molar-refractivity contribution in [1.29, 1.82) is 5.26 Å². The lowest BCUT2D eigenvalue weighted by molar-refractivity contribution is 0.365. The minimum absolute atomic E-state index is 0.0109. The van der Waals surface area contributed by atoms with Crippen LogP contribution in [-0.4, -0.2) is 18.9 Å². The number of hydrogen-bond acceptors (Lipinski definition) is 3. The highest BCUT2D eigenvalue weighted by atomic mass is 19.1. The molecule has 1 N–H and O–H groups in total. The van der Waals surface area contributed by atoms with E-state index in [0.717, 1.165) is 6.42 Å². The SMILES string of the molecule is N#CC1CNC2N=CC(c3ccccc3F)CC12. The van der Waals surface area contributed by atoms with Crippen molar-refractivity contribution in [3.8, 4) is 6.07 Å². The van der Waals surface area contributed by atoms with Crippen molar-refractivity contribution in [1.82, 2.24) is 5.32 Å². The van der Waals surface area contributed by atoms with Gasteiger partial charge in [0.15, 0.2) is 0 Å². The Bertz CT molecular complexity index is 520. The number of hydrogen-bond donors (Lipinski definition) is 1. The summed E-state index contributed by atoms with van der Waals surface area (Å²) in [6.45, 7) is 0.688. The predicted octanol–water partition coefficient (Wildman–Crippen LogP) is 2.07. The fourth-order valence-electron chi connectivity index (χ4n) is 2.90. The summed E-state index contributed by atoms with van der Waals surface area (Å²) in [5.41, 5.74) is 0.684. The van der Waals surface area contributed by atoms with Gasteiger partial charge in [-0.2, -0.15) is 5.26 Å². The molecule has 1 fully saturated rings. The number of halogens is 1. The topological polar surface area (TPSA) is 48.2 Å². The van der Waals surface area contributed by atoms with Crippen molar-refractivity contribution < 1.29 is 4.39 Å². The third kappa shape index (κ3) is 1.81. The molecule has 0 bridgehead atoms. The molecule has 4 unspecified atom stereocenters. The molecule has 4 atom stereocenters. The zero-order valence-electron chi connectivity index (χ0n) is 9.88. The fourth-order valence-corrected chi connectivity index (χ4v) is 2.90. The van der Waals surface area contributed by atoms with Gasteiger partial charge >= 0.3 is 0 Å². The first-order chi connectivity index (χ1) is 8.79. The fraction of sp³-hybridized carbons (Fsp3) is 0.429. The van der Waals surface area contributed by atoms with E-state index in [1.165, 1.54) is 6.07 Å². The lowest BCUT2D eigenvalue weighted by atomic mass is 9.81. The van der Waals surface area contributed by atoms with E-state index in [0.29, 0.717) is 12.1 Å². The number of fused-ring (bicyclic) bond motifs is 1. The average Bonchev–Trinajstić information content (AvgIpc) is 2.81. The van der Waals surface area contributed by atoms with Crippen LogP contribution in [0.3, 0.4) is 0 Å². The summed E-state index contributed by atoms with van der Waals surface area (Å²) in [6.07, 6.45) is 2.66. The van der Waals surface area contributed by atoms with Crippen LogP contribution >= 0.6 is 0 Å². The van der Waals surface area contributed by atoms with Gasteiger partial charge in [0.2, 0.25) is 0 Å². The van der Waals surface area contributed by atoms with Gasteiger partial charge in [0, 0.05) is 24.6 Å². The van der Waals surface area contributed by atoms with Crippen LogP contribution in [0.1, 0.15) is 17.9 Å². The second-order valence-electron chi connectivity index (χ2n) is 4.91. The van der Waals surface area contributed by atoms with Crippen LogP contribution in [0.5, 0.6) is 0 Å². The number of nitrogens with one attached hydrogen (secondary N) is 1. The molecular formula is C14H14FN3. The summed E-state index contributed by atoms with van der Waals surface area (Å²) in [6, 6.07) is 9.13. The first-order valence-corrected chi connectivity index (χ1v) is 6.20. The summed E-state index contributed by atoms with van der Waals surface area (Å²) in [4.78, 5) is 4.43. The Labute approximate surface area is 105 Å². The summed E-state index contributed by atoms with van der Waals surface area (Å²) in [7, 11) is 0. The number of nitriles is 1. The van der Waals surface area contributed by atoms with Crippen LogP contribution in [-0.2, 0) is 0 Å². The van der Waals surface area contributed by atoms with Gasteiger partial charge in [0.05, 0.1) is 12.0 Å². The van der Waals surface area contributed by atoms with Gasteiger partial charge < -0.3 is 0 Å². The average molecular weight is 243 g/mol. The van der Waals surface area contributed by atoms with E-state index in [2.05, 4.69) is 16.4 Å². The molecule has 2 aliphatic rings. The van der Waals surface area contributed by atoms with Crippen LogP contribution in [0.15, 0.2) is 29.3 Å². The highest BCUT2D eigenvalue weighted by Crippen LogP contribution is 2.36. The van der Waals surface area contributed by atoms with Crippen molar-refractivity contribution >= 4 is 6.21 Å². The Hall–Kier alpha value is -1.73. The van der Waals surface area contributed by atoms with Crippen LogP contribution in [0, 0.1) is 29.0 Å². The monoisotopic (exact) mass is 243 g/mol. The maximum atomic E-state index is 13.8. The molecule has 3 nitrogen and oxygen atoms in total. The van der Waals surface area contributed by atoms with Gasteiger partial charge in [-0.05, 0) is 18.1 Å². The lowest BCUT2D eigenvalue weighted by Gasteiger charge is -2.27. The molecule has 0 aromatic heterocycles. The highest BCUT2D eigenvalue weighted by molar-refractivity contribution is 5.69. The van der Waals surface area contributed by atoms with Crippen molar-refractivity contribution in [2.24, 2.45) is 16.8 Å². The highest BCUT2D eigenvalue weighted by Gasteiger charge is 2.39. The second kappa shape index (κ2) is 4.51. The third-order valence-electron chi connectivity index (χ3n) is 3.89. The van der Waals surface area contributed by atoms with Crippen LogP contribution in [0.4, 0.5) is 4.39 Å². The number of rotatable bonds is 1. The zero-order chi connectivity index (χ0) is 12.5. The van der Waals surface area contributed by atoms with Crippen LogP contribution < -0.4 is 5.32 Å². The van der Waals surface area contributed by atoms with E-state index in [9.17, 15) is 4.39 Å². The minimum Gasteiger partial charge on any atom is -0.294 e. The van der Waals surface area contributed by atoms with E-state index in [1.807, 2.05) is 12.3 Å². The number of nitrogens with zero attached hydrogens (tertiary/aromatic N) is 2. The molecule has 0 saturated carbocycles. The van der Waals surface area contributed by atoms with E-state index in [1.54, 1.807) is 12.1 Å². The largest absolute Gasteiger partial charge is 0.294 e. The summed E-state index contributed by atoms with van der Waals surface area (Å²) >= 11 is 0. The molecule has 1 aromatic carbocycles. The van der Waals surface area contributed by atoms with Gasteiger partial charge in [0.1, 0.15) is 12.0 Å². The standard InChI is InChI=1S/C14H14FN3/c15-13-4-2-1-3-11(13)9-5-12-10(6-16)8-18-14(12)17-7-9/h1-4,7,9-10,12,14,18H,5,8H2. The minimum atomic E-state index is -0.188. The molecule has 1 saturated heterocycles. The van der Waals surface area contributed by atoms with Crippen molar-refractivity contribution in [3.63, 3.8) is 0 Å². The van der Waals surface area contributed by atoms with Gasteiger partial charge in [-0.3, -0.25) is 10.3 Å². The van der Waals surface area contributed by atoms with Crippen molar-refractivity contribution in [3.05, 3.63) is 35.6 Å². The molecule has 0 amide bonds. The van der Waals surface area contributed by atoms with Gasteiger partial charge in [-0.1, -0.05) is 18.2 Å². The third-order valence-corrected chi connectivity index (χ3v) is 3.89. The Morgan fingerprint density at radius 1 is 1.39 bits per heavy atom. The summed E-state index contributed by atoms with van der Waals surface area (Å²) < 4.78 is 13.8. The normalized spacial score (nSPS) is 34.0. The van der Waals surface area contributed by atoms with E-state index >= 15 is 0 Å². The molecule has 3 rings (SSSR count). The van der Waals surface area contributed by atoms with Crippen LogP contribution in [0.2, 0.25) is 0 Å². The zero-order valence-corrected chi connectivity index (χ0v) is 9.88. The Morgan fingerprint density at radius 3 is 3.00 bits per heavy atom. The summed E-state index contributed by atoms with van der Waals surface area (Å²) in [5, 5.41) is 12.3. The first-order valence-electron chi connectivity index (χ1n) is 6.20. The Kier molecular flexibility index (Phi) is 2.85. The molecule has 4 heteroatoms. The molecule has 2 aliphatic heterocycles. The Balaban J connectivity index is 1.87. The molecule has 2 heterocycles. The molecule has 18 heavy (non-hydrogen) atoms. The molecule has 0 spiro atoms.